The molecule has 0 saturated carbocycles. The highest BCUT2D eigenvalue weighted by Crippen LogP contribution is 2.26. The summed E-state index contributed by atoms with van der Waals surface area (Å²) in [6.07, 6.45) is 0. The highest BCUT2D eigenvalue weighted by molar-refractivity contribution is 7.98. The maximum atomic E-state index is 5.90. The second kappa shape index (κ2) is 6.15. The van der Waals surface area contributed by atoms with E-state index in [0.717, 1.165) is 21.8 Å². The third-order valence-corrected chi connectivity index (χ3v) is 5.08. The number of imidazole rings is 1. The number of fused-ring (bicyclic) bond motifs is 3. The molecular weight excluding hydrogens is 372 g/mol. The van der Waals surface area contributed by atoms with Crippen LogP contribution in [0.2, 0.25) is 5.02 Å². The predicted octanol–water partition coefficient (Wildman–Crippen LogP) is 4.21. The summed E-state index contributed by atoms with van der Waals surface area (Å²) in [6.45, 7) is 0. The molecule has 5 aromatic rings. The molecule has 1 N–H and O–H groups in total. The molecule has 0 saturated heterocycles. The second-order valence-corrected chi connectivity index (χ2v) is 6.96. The molecule has 0 aliphatic rings. The van der Waals surface area contributed by atoms with Crippen molar-refractivity contribution in [2.45, 2.75) is 10.9 Å². The molecule has 3 heterocycles. The van der Waals surface area contributed by atoms with Crippen molar-refractivity contribution in [2.24, 2.45) is 0 Å². The highest BCUT2D eigenvalue weighted by atomic mass is 35.5. The Labute approximate surface area is 156 Å². The van der Waals surface area contributed by atoms with Gasteiger partial charge in [0.2, 0.25) is 5.78 Å². The molecule has 2 aromatic carbocycles. The number of hydrogen-bond donors (Lipinski definition) is 1. The van der Waals surface area contributed by atoms with Crippen molar-refractivity contribution < 1.29 is 4.52 Å². The first kappa shape index (κ1) is 15.4. The van der Waals surface area contributed by atoms with Crippen molar-refractivity contribution in [1.29, 1.82) is 0 Å². The Morgan fingerprint density at radius 1 is 1.08 bits per heavy atom. The number of aromatic amines is 1. The van der Waals surface area contributed by atoms with Crippen molar-refractivity contribution in [2.75, 3.05) is 0 Å². The largest absolute Gasteiger partial charge is 0.334 e. The molecule has 0 amide bonds. The fourth-order valence-electron chi connectivity index (χ4n) is 2.69. The van der Waals surface area contributed by atoms with Gasteiger partial charge in [0, 0.05) is 10.6 Å². The maximum absolute atomic E-state index is 5.90. The minimum Gasteiger partial charge on any atom is -0.334 e. The van der Waals surface area contributed by atoms with Gasteiger partial charge in [-0.2, -0.15) is 4.98 Å². The van der Waals surface area contributed by atoms with Gasteiger partial charge in [0.1, 0.15) is 0 Å². The van der Waals surface area contributed by atoms with Gasteiger partial charge in [-0.3, -0.25) is 4.40 Å². The summed E-state index contributed by atoms with van der Waals surface area (Å²) in [5.41, 5.74) is 2.77. The van der Waals surface area contributed by atoms with E-state index in [1.165, 1.54) is 11.8 Å². The van der Waals surface area contributed by atoms with E-state index in [1.54, 1.807) is 12.1 Å². The summed E-state index contributed by atoms with van der Waals surface area (Å²) < 4.78 is 7.32. The van der Waals surface area contributed by atoms with Crippen molar-refractivity contribution in [3.63, 3.8) is 0 Å². The normalized spacial score (nSPS) is 11.6. The van der Waals surface area contributed by atoms with Crippen LogP contribution in [0, 0.1) is 0 Å². The van der Waals surface area contributed by atoms with Gasteiger partial charge in [-0.15, -0.1) is 5.10 Å². The van der Waals surface area contributed by atoms with Crippen LogP contribution < -0.4 is 0 Å². The van der Waals surface area contributed by atoms with E-state index in [1.807, 2.05) is 40.8 Å². The molecule has 0 bridgehead atoms. The van der Waals surface area contributed by atoms with E-state index in [-0.39, 0.29) is 0 Å². The van der Waals surface area contributed by atoms with Crippen LogP contribution in [0.1, 0.15) is 5.82 Å². The summed E-state index contributed by atoms with van der Waals surface area (Å²) in [7, 11) is 0. The Morgan fingerprint density at radius 3 is 2.81 bits per heavy atom. The zero-order valence-corrected chi connectivity index (χ0v) is 14.8. The first-order valence-electron chi connectivity index (χ1n) is 7.81. The number of nitrogens with zero attached hydrogens (tertiary/aromatic N) is 5. The molecular formula is C17H11ClN6OS. The van der Waals surface area contributed by atoms with Gasteiger partial charge in [0.05, 0.1) is 16.8 Å². The van der Waals surface area contributed by atoms with Crippen LogP contribution in [0.3, 0.4) is 0 Å². The summed E-state index contributed by atoms with van der Waals surface area (Å²) in [5.74, 6) is 2.31. The lowest BCUT2D eigenvalue weighted by Gasteiger charge is -1.96. The molecule has 3 aromatic heterocycles. The van der Waals surface area contributed by atoms with Crippen molar-refractivity contribution >= 4 is 40.2 Å². The molecule has 0 spiro atoms. The van der Waals surface area contributed by atoms with Crippen LogP contribution >= 0.6 is 23.4 Å². The Hall–Kier alpha value is -2.84. The molecule has 128 valence electrons. The molecule has 0 aliphatic heterocycles. The Kier molecular flexibility index (Phi) is 3.65. The summed E-state index contributed by atoms with van der Waals surface area (Å²) in [5, 5.41) is 12.8. The lowest BCUT2D eigenvalue weighted by Crippen LogP contribution is -1.89. The van der Waals surface area contributed by atoms with Gasteiger partial charge in [-0.25, -0.2) is 10.1 Å². The SMILES string of the molecule is Clc1ccc(-c2nc(CSc3n[nH]c4nc5ccccc5n34)no2)cc1. The van der Waals surface area contributed by atoms with E-state index in [2.05, 4.69) is 25.3 Å². The molecule has 7 nitrogen and oxygen atoms in total. The number of benzene rings is 2. The van der Waals surface area contributed by atoms with Crippen molar-refractivity contribution in [3.8, 4) is 11.5 Å². The van der Waals surface area contributed by atoms with Crippen LogP contribution in [-0.2, 0) is 5.75 Å². The Balaban J connectivity index is 1.40. The monoisotopic (exact) mass is 382 g/mol. The predicted molar refractivity (Wildman–Crippen MR) is 99.1 cm³/mol. The minimum atomic E-state index is 0.470. The van der Waals surface area contributed by atoms with Crippen LogP contribution in [-0.4, -0.2) is 29.7 Å². The molecule has 26 heavy (non-hydrogen) atoms. The van der Waals surface area contributed by atoms with E-state index < -0.39 is 0 Å². The van der Waals surface area contributed by atoms with Crippen LogP contribution in [0.15, 0.2) is 58.2 Å². The van der Waals surface area contributed by atoms with Crippen molar-refractivity contribution in [3.05, 3.63) is 59.4 Å². The quantitative estimate of drug-likeness (QED) is 0.469. The summed E-state index contributed by atoms with van der Waals surface area (Å²) >= 11 is 7.42. The van der Waals surface area contributed by atoms with E-state index >= 15 is 0 Å². The minimum absolute atomic E-state index is 0.470. The van der Waals surface area contributed by atoms with Gasteiger partial charge < -0.3 is 4.52 Å². The fraction of sp³-hybridized carbons (Fsp3) is 0.0588. The average Bonchev–Trinajstić information content (AvgIpc) is 3.36. The third-order valence-electron chi connectivity index (χ3n) is 3.89. The van der Waals surface area contributed by atoms with Gasteiger partial charge in [-0.05, 0) is 36.4 Å². The van der Waals surface area contributed by atoms with Gasteiger partial charge in [-0.1, -0.05) is 40.7 Å². The molecule has 5 rings (SSSR count). The van der Waals surface area contributed by atoms with E-state index in [0.29, 0.717) is 28.3 Å². The fourth-order valence-corrected chi connectivity index (χ4v) is 3.62. The third kappa shape index (κ3) is 2.63. The van der Waals surface area contributed by atoms with E-state index in [4.69, 9.17) is 16.1 Å². The van der Waals surface area contributed by atoms with Gasteiger partial charge in [0.25, 0.3) is 5.89 Å². The lowest BCUT2D eigenvalue weighted by atomic mass is 10.2. The van der Waals surface area contributed by atoms with Crippen molar-refractivity contribution in [1.82, 2.24) is 29.7 Å². The molecule has 0 aliphatic carbocycles. The number of thioether (sulfide) groups is 1. The lowest BCUT2D eigenvalue weighted by molar-refractivity contribution is 0.425. The molecule has 0 unspecified atom stereocenters. The number of rotatable bonds is 4. The number of hydrogen-bond acceptors (Lipinski definition) is 6. The Morgan fingerprint density at radius 2 is 1.92 bits per heavy atom. The molecule has 0 atom stereocenters. The Bertz CT molecular complexity index is 1210. The van der Waals surface area contributed by atoms with Crippen LogP contribution in [0.5, 0.6) is 0 Å². The number of aromatic nitrogens is 6. The van der Waals surface area contributed by atoms with Gasteiger partial charge >= 0.3 is 0 Å². The zero-order valence-electron chi connectivity index (χ0n) is 13.3. The first-order valence-corrected chi connectivity index (χ1v) is 9.17. The number of H-pyrrole nitrogens is 1. The van der Waals surface area contributed by atoms with Crippen LogP contribution in [0.25, 0.3) is 28.3 Å². The zero-order chi connectivity index (χ0) is 17.5. The second-order valence-electron chi connectivity index (χ2n) is 5.58. The van der Waals surface area contributed by atoms with Gasteiger partial charge in [0.15, 0.2) is 11.0 Å². The van der Waals surface area contributed by atoms with E-state index in [9.17, 15) is 0 Å². The first-order chi connectivity index (χ1) is 12.8. The number of para-hydroxylation sites is 2. The van der Waals surface area contributed by atoms with Crippen LogP contribution in [0.4, 0.5) is 0 Å². The number of halogens is 1. The molecule has 0 fully saturated rings. The highest BCUT2D eigenvalue weighted by Gasteiger charge is 2.14. The standard InChI is InChI=1S/C17H11ClN6OS/c18-11-7-5-10(6-8-11)15-20-14(23-25-15)9-26-17-22-21-16-19-12-3-1-2-4-13(12)24(16)17/h1-8H,9H2,(H,19,21). The molecule has 0 radical (unpaired) electrons. The summed E-state index contributed by atoms with van der Waals surface area (Å²) in [6, 6.07) is 15.2. The topological polar surface area (TPSA) is 84.9 Å². The summed E-state index contributed by atoms with van der Waals surface area (Å²) in [4.78, 5) is 8.95. The molecule has 9 heteroatoms. The number of nitrogens with one attached hydrogen (secondary N) is 1. The smallest absolute Gasteiger partial charge is 0.257 e. The average molecular weight is 383 g/mol. The maximum Gasteiger partial charge on any atom is 0.257 e.